The summed E-state index contributed by atoms with van der Waals surface area (Å²) >= 11 is 0. The molecule has 1 fully saturated rings. The largest absolute Gasteiger partial charge is 0.354 e. The highest BCUT2D eigenvalue weighted by molar-refractivity contribution is 7.88. The standard InChI is InChI=1S/C20H25N5O2S/c1-14(2)10-15-4-5-17-16(11-15)20(23-17)18-12-19(22-13-21-18)24-6-8-25(9-7-24)28(3,26)27/h4-5,10,12-13,15H,6-9,11H2,1-3H3. The van der Waals surface area contributed by atoms with Gasteiger partial charge in [0.1, 0.15) is 12.1 Å². The summed E-state index contributed by atoms with van der Waals surface area (Å²) in [6, 6.07) is 1.97. The van der Waals surface area contributed by atoms with Crippen molar-refractivity contribution in [2.45, 2.75) is 20.3 Å². The zero-order valence-corrected chi connectivity index (χ0v) is 17.3. The maximum atomic E-state index is 11.7. The summed E-state index contributed by atoms with van der Waals surface area (Å²) in [5, 5.41) is 0. The van der Waals surface area contributed by atoms with E-state index in [2.05, 4.69) is 51.9 Å². The maximum absolute atomic E-state index is 11.7. The monoisotopic (exact) mass is 399 g/mol. The lowest BCUT2D eigenvalue weighted by Gasteiger charge is -2.34. The number of allylic oxidation sites excluding steroid dienone is 5. The van der Waals surface area contributed by atoms with Gasteiger partial charge in [-0.1, -0.05) is 17.7 Å². The topological polar surface area (TPSA) is 78.8 Å². The van der Waals surface area contributed by atoms with E-state index < -0.39 is 10.0 Å². The van der Waals surface area contributed by atoms with Gasteiger partial charge >= 0.3 is 0 Å². The molecular weight excluding hydrogens is 374 g/mol. The predicted molar refractivity (Wildman–Crippen MR) is 111 cm³/mol. The first-order chi connectivity index (χ1) is 13.3. The summed E-state index contributed by atoms with van der Waals surface area (Å²) in [5.74, 6) is 1.22. The minimum atomic E-state index is -3.14. The molecule has 1 aliphatic carbocycles. The van der Waals surface area contributed by atoms with Gasteiger partial charge in [-0.3, -0.25) is 0 Å². The molecule has 148 valence electrons. The molecule has 0 aromatic carbocycles. The van der Waals surface area contributed by atoms with E-state index in [1.54, 1.807) is 6.33 Å². The summed E-state index contributed by atoms with van der Waals surface area (Å²) < 4.78 is 24.9. The number of hydrogen-bond acceptors (Lipinski definition) is 6. The molecule has 1 unspecified atom stereocenters. The molecule has 0 amide bonds. The van der Waals surface area contributed by atoms with E-state index >= 15 is 0 Å². The summed E-state index contributed by atoms with van der Waals surface area (Å²) in [4.78, 5) is 15.6. The molecular formula is C20H25N5O2S. The normalized spacial score (nSPS) is 22.5. The van der Waals surface area contributed by atoms with Gasteiger partial charge in [0.15, 0.2) is 0 Å². The molecule has 1 saturated heterocycles. The van der Waals surface area contributed by atoms with Gasteiger partial charge in [0.25, 0.3) is 0 Å². The number of nitrogens with zero attached hydrogens (tertiary/aromatic N) is 5. The number of sulfonamides is 1. The van der Waals surface area contributed by atoms with Crippen LogP contribution in [0.3, 0.4) is 0 Å². The van der Waals surface area contributed by atoms with E-state index in [1.165, 1.54) is 21.7 Å². The summed E-state index contributed by atoms with van der Waals surface area (Å²) in [6.45, 7) is 6.43. The molecule has 1 atom stereocenters. The Labute approximate surface area is 166 Å². The second-order valence-corrected chi connectivity index (χ2v) is 9.69. The number of aliphatic imine (C=N–C) groups is 1. The molecule has 3 aliphatic rings. The van der Waals surface area contributed by atoms with E-state index in [4.69, 9.17) is 0 Å². The Morgan fingerprint density at radius 1 is 1.18 bits per heavy atom. The number of anilines is 1. The first-order valence-electron chi connectivity index (χ1n) is 9.49. The molecule has 7 nitrogen and oxygen atoms in total. The van der Waals surface area contributed by atoms with Gasteiger partial charge in [0.2, 0.25) is 10.0 Å². The zero-order valence-electron chi connectivity index (χ0n) is 16.5. The fourth-order valence-corrected chi connectivity index (χ4v) is 4.66. The van der Waals surface area contributed by atoms with Gasteiger partial charge in [0, 0.05) is 37.8 Å². The van der Waals surface area contributed by atoms with Crippen LogP contribution in [0.4, 0.5) is 5.82 Å². The van der Waals surface area contributed by atoms with Crippen molar-refractivity contribution in [2.24, 2.45) is 10.9 Å². The van der Waals surface area contributed by atoms with Crippen molar-refractivity contribution in [1.29, 1.82) is 0 Å². The van der Waals surface area contributed by atoms with Crippen molar-refractivity contribution < 1.29 is 8.42 Å². The van der Waals surface area contributed by atoms with Crippen molar-refractivity contribution >= 4 is 21.6 Å². The first-order valence-corrected chi connectivity index (χ1v) is 11.3. The lowest BCUT2D eigenvalue weighted by atomic mass is 9.84. The maximum Gasteiger partial charge on any atom is 0.211 e. The SMILES string of the molecule is CC(C)=CC1C=CC2=C(C1)C(c1cc(N3CCN(S(C)(=O)=O)CC3)ncn1)=N2. The molecule has 0 saturated carbocycles. The van der Waals surface area contributed by atoms with Crippen LogP contribution < -0.4 is 4.90 Å². The van der Waals surface area contributed by atoms with Crippen LogP contribution in [0, 0.1) is 5.92 Å². The van der Waals surface area contributed by atoms with Crippen LogP contribution in [-0.2, 0) is 10.0 Å². The summed E-state index contributed by atoms with van der Waals surface area (Å²) in [7, 11) is -3.14. The van der Waals surface area contributed by atoms with Gasteiger partial charge in [0.05, 0.1) is 23.4 Å². The highest BCUT2D eigenvalue weighted by Gasteiger charge is 2.29. The third-order valence-electron chi connectivity index (χ3n) is 5.24. The van der Waals surface area contributed by atoms with Crippen LogP contribution in [0.25, 0.3) is 0 Å². The molecule has 0 N–H and O–H groups in total. The summed E-state index contributed by atoms with van der Waals surface area (Å²) in [6.07, 6.45) is 10.4. The highest BCUT2D eigenvalue weighted by atomic mass is 32.2. The molecule has 0 bridgehead atoms. The molecule has 0 radical (unpaired) electrons. The zero-order chi connectivity index (χ0) is 19.9. The number of hydrogen-bond donors (Lipinski definition) is 0. The fourth-order valence-electron chi connectivity index (χ4n) is 3.83. The number of piperazine rings is 1. The Morgan fingerprint density at radius 2 is 1.93 bits per heavy atom. The van der Waals surface area contributed by atoms with Crippen molar-refractivity contribution in [3.05, 3.63) is 53.2 Å². The van der Waals surface area contributed by atoms with Gasteiger partial charge in [-0.25, -0.2) is 23.4 Å². The Morgan fingerprint density at radius 3 is 2.61 bits per heavy atom. The van der Waals surface area contributed by atoms with Crippen LogP contribution in [0.15, 0.2) is 52.5 Å². The minimum Gasteiger partial charge on any atom is -0.354 e. The van der Waals surface area contributed by atoms with E-state index in [0.717, 1.165) is 29.3 Å². The van der Waals surface area contributed by atoms with Gasteiger partial charge < -0.3 is 4.90 Å². The van der Waals surface area contributed by atoms with Crippen LogP contribution in [0.5, 0.6) is 0 Å². The van der Waals surface area contributed by atoms with E-state index in [1.807, 2.05) is 6.07 Å². The van der Waals surface area contributed by atoms with Crippen molar-refractivity contribution in [1.82, 2.24) is 14.3 Å². The Hall–Kier alpha value is -2.32. The summed E-state index contributed by atoms with van der Waals surface area (Å²) in [5.41, 5.74) is 5.41. The molecule has 28 heavy (non-hydrogen) atoms. The van der Waals surface area contributed by atoms with E-state index in [9.17, 15) is 8.42 Å². The van der Waals surface area contributed by atoms with Crippen LogP contribution in [0.2, 0.25) is 0 Å². The smallest absolute Gasteiger partial charge is 0.211 e. The molecule has 1 aromatic rings. The van der Waals surface area contributed by atoms with Crippen LogP contribution in [0.1, 0.15) is 26.0 Å². The third kappa shape index (κ3) is 3.79. The molecule has 0 spiro atoms. The van der Waals surface area contributed by atoms with E-state index in [0.29, 0.717) is 32.1 Å². The fraction of sp³-hybridized carbons (Fsp3) is 0.450. The molecule has 3 heterocycles. The third-order valence-corrected chi connectivity index (χ3v) is 6.55. The van der Waals surface area contributed by atoms with Crippen molar-refractivity contribution in [2.75, 3.05) is 37.3 Å². The van der Waals surface area contributed by atoms with Gasteiger partial charge in [-0.05, 0) is 32.3 Å². The lowest BCUT2D eigenvalue weighted by molar-refractivity contribution is 0.387. The quantitative estimate of drug-likeness (QED) is 0.725. The van der Waals surface area contributed by atoms with Gasteiger partial charge in [-0.2, -0.15) is 4.31 Å². The predicted octanol–water partition coefficient (Wildman–Crippen LogP) is 2.16. The molecule has 4 rings (SSSR count). The van der Waals surface area contributed by atoms with Crippen LogP contribution >= 0.6 is 0 Å². The molecule has 8 heteroatoms. The van der Waals surface area contributed by atoms with E-state index in [-0.39, 0.29) is 0 Å². The second-order valence-electron chi connectivity index (χ2n) is 7.71. The van der Waals surface area contributed by atoms with Crippen LogP contribution in [-0.4, -0.2) is 60.8 Å². The average molecular weight is 400 g/mol. The molecule has 1 aromatic heterocycles. The number of rotatable bonds is 4. The number of aromatic nitrogens is 2. The first kappa shape index (κ1) is 19.0. The minimum absolute atomic E-state index is 0.402. The average Bonchev–Trinajstić information content (AvgIpc) is 2.63. The van der Waals surface area contributed by atoms with Gasteiger partial charge in [-0.15, -0.1) is 0 Å². The highest BCUT2D eigenvalue weighted by Crippen LogP contribution is 2.35. The lowest BCUT2D eigenvalue weighted by Crippen LogP contribution is -2.48. The molecule has 2 aliphatic heterocycles. The Bertz CT molecular complexity index is 1010. The Balaban J connectivity index is 1.47. The van der Waals surface area contributed by atoms with Crippen molar-refractivity contribution in [3.63, 3.8) is 0 Å². The second kappa shape index (κ2) is 7.25. The Kier molecular flexibility index (Phi) is 4.93. The van der Waals surface area contributed by atoms with Crippen molar-refractivity contribution in [3.8, 4) is 0 Å².